The smallest absolute Gasteiger partial charge is 0.310 e. The maximum absolute atomic E-state index is 12.9. The third-order valence-corrected chi connectivity index (χ3v) is 8.13. The minimum atomic E-state index is -3.49. The fraction of sp³-hybridized carbons (Fsp3) is 0.522. The number of hydrogen-bond donors (Lipinski definition) is 0. The van der Waals surface area contributed by atoms with Crippen molar-refractivity contribution in [2.24, 2.45) is 5.92 Å². The molecular weight excluding hydrogens is 444 g/mol. The van der Waals surface area contributed by atoms with Crippen LogP contribution in [0.25, 0.3) is 5.69 Å². The Hall–Kier alpha value is -2.72. The highest BCUT2D eigenvalue weighted by Crippen LogP contribution is 2.23. The normalized spacial score (nSPS) is 19.9. The van der Waals surface area contributed by atoms with Crippen LogP contribution in [0.15, 0.2) is 41.7 Å². The van der Waals surface area contributed by atoms with Gasteiger partial charge in [-0.2, -0.15) is 4.31 Å². The lowest BCUT2D eigenvalue weighted by Gasteiger charge is -2.31. The molecule has 2 saturated heterocycles. The van der Waals surface area contributed by atoms with Crippen LogP contribution in [0.1, 0.15) is 49.5 Å². The Morgan fingerprint density at radius 3 is 2.48 bits per heavy atom. The molecule has 1 amide bonds. The highest BCUT2D eigenvalue weighted by atomic mass is 32.2. The van der Waals surface area contributed by atoms with E-state index >= 15 is 0 Å². The minimum Gasteiger partial charge on any atom is -0.466 e. The van der Waals surface area contributed by atoms with E-state index in [0.717, 1.165) is 25.7 Å². The lowest BCUT2D eigenvalue weighted by Crippen LogP contribution is -2.43. The van der Waals surface area contributed by atoms with Crippen LogP contribution in [0.4, 0.5) is 0 Å². The van der Waals surface area contributed by atoms with Crippen molar-refractivity contribution < 1.29 is 22.7 Å². The van der Waals surface area contributed by atoms with Crippen LogP contribution in [0.2, 0.25) is 0 Å². The predicted octanol–water partition coefficient (Wildman–Crippen LogP) is 2.46. The molecule has 2 aliphatic heterocycles. The van der Waals surface area contributed by atoms with E-state index in [4.69, 9.17) is 4.74 Å². The Morgan fingerprint density at radius 1 is 1.06 bits per heavy atom. The molecule has 0 bridgehead atoms. The number of sulfonamides is 1. The molecular formula is C23H30N4O5S. The fourth-order valence-electron chi connectivity index (χ4n) is 4.40. The second-order valence-corrected chi connectivity index (χ2v) is 10.4. The Morgan fingerprint density at radius 2 is 1.79 bits per heavy atom. The summed E-state index contributed by atoms with van der Waals surface area (Å²) in [4.78, 5) is 31.2. The summed E-state index contributed by atoms with van der Waals surface area (Å²) < 4.78 is 34.0. The number of rotatable bonds is 6. The molecule has 1 atom stereocenters. The van der Waals surface area contributed by atoms with Crippen LogP contribution in [-0.4, -0.2) is 71.8 Å². The Labute approximate surface area is 194 Å². The molecule has 2 aromatic rings. The molecule has 2 aliphatic rings. The van der Waals surface area contributed by atoms with Gasteiger partial charge in [-0.1, -0.05) is 6.42 Å². The van der Waals surface area contributed by atoms with Gasteiger partial charge in [-0.05, 0) is 56.9 Å². The van der Waals surface area contributed by atoms with Gasteiger partial charge in [0.05, 0.1) is 17.4 Å². The van der Waals surface area contributed by atoms with Crippen molar-refractivity contribution >= 4 is 21.9 Å². The van der Waals surface area contributed by atoms with Crippen molar-refractivity contribution in [3.05, 3.63) is 42.5 Å². The lowest BCUT2D eigenvalue weighted by molar-refractivity contribution is -0.149. The van der Waals surface area contributed by atoms with E-state index in [1.807, 2.05) is 0 Å². The van der Waals surface area contributed by atoms with Crippen LogP contribution in [-0.2, 0) is 19.6 Å². The van der Waals surface area contributed by atoms with Crippen LogP contribution >= 0.6 is 0 Å². The molecule has 33 heavy (non-hydrogen) atoms. The number of piperidine rings is 2. The van der Waals surface area contributed by atoms with Gasteiger partial charge < -0.3 is 14.2 Å². The highest BCUT2D eigenvalue weighted by molar-refractivity contribution is 7.89. The molecule has 0 aliphatic carbocycles. The van der Waals surface area contributed by atoms with Crippen molar-refractivity contribution in [1.29, 1.82) is 0 Å². The number of nitrogens with zero attached hydrogens (tertiary/aromatic N) is 4. The average molecular weight is 475 g/mol. The van der Waals surface area contributed by atoms with Gasteiger partial charge in [0.2, 0.25) is 10.0 Å². The van der Waals surface area contributed by atoms with Crippen molar-refractivity contribution in [2.45, 2.75) is 43.9 Å². The summed E-state index contributed by atoms with van der Waals surface area (Å²) in [5.41, 5.74) is 0.992. The van der Waals surface area contributed by atoms with Crippen LogP contribution in [0.3, 0.4) is 0 Å². The summed E-state index contributed by atoms with van der Waals surface area (Å²) in [7, 11) is -3.49. The minimum absolute atomic E-state index is 0.230. The van der Waals surface area contributed by atoms with Gasteiger partial charge in [0.1, 0.15) is 12.0 Å². The highest BCUT2D eigenvalue weighted by Gasteiger charge is 2.31. The van der Waals surface area contributed by atoms with Crippen molar-refractivity contribution in [2.75, 3.05) is 32.8 Å². The summed E-state index contributed by atoms with van der Waals surface area (Å²) in [5, 5.41) is 0. The lowest BCUT2D eigenvalue weighted by atomic mass is 9.98. The number of likely N-dealkylation sites (tertiary alicyclic amines) is 1. The van der Waals surface area contributed by atoms with Crippen LogP contribution in [0, 0.1) is 5.92 Å². The van der Waals surface area contributed by atoms with Gasteiger partial charge in [-0.25, -0.2) is 13.4 Å². The number of carbonyl (C=O) groups excluding carboxylic acids is 2. The molecule has 0 unspecified atom stereocenters. The maximum atomic E-state index is 12.9. The molecule has 0 radical (unpaired) electrons. The number of ether oxygens (including phenoxy) is 1. The maximum Gasteiger partial charge on any atom is 0.310 e. The number of amides is 1. The SMILES string of the molecule is CCOC(=O)[C@@H]1CCCN(C(=O)c2cn(-c3ccc(S(=O)(=O)N4CCCCC4)cc3)cn2)C1. The van der Waals surface area contributed by atoms with Crippen molar-refractivity contribution in [3.63, 3.8) is 0 Å². The van der Waals surface area contributed by atoms with Crippen molar-refractivity contribution in [1.82, 2.24) is 18.8 Å². The molecule has 2 fully saturated rings. The van der Waals surface area contributed by atoms with E-state index < -0.39 is 10.0 Å². The Kier molecular flexibility index (Phi) is 7.14. The zero-order valence-corrected chi connectivity index (χ0v) is 19.7. The van der Waals surface area contributed by atoms with Gasteiger partial charge in [-0.3, -0.25) is 9.59 Å². The summed E-state index contributed by atoms with van der Waals surface area (Å²) in [6.07, 6.45) is 7.46. The molecule has 1 aromatic carbocycles. The summed E-state index contributed by atoms with van der Waals surface area (Å²) in [6.45, 7) is 4.12. The van der Waals surface area contributed by atoms with E-state index in [-0.39, 0.29) is 28.4 Å². The van der Waals surface area contributed by atoms with E-state index in [9.17, 15) is 18.0 Å². The molecule has 9 nitrogen and oxygen atoms in total. The van der Waals surface area contributed by atoms with Gasteiger partial charge in [0, 0.05) is 38.1 Å². The Bertz CT molecular complexity index is 1090. The molecule has 1 aromatic heterocycles. The standard InChI is InChI=1S/C23H30N4O5S/c1-2-32-23(29)18-7-6-12-25(15-18)22(28)21-16-26(17-24-21)19-8-10-20(11-9-19)33(30,31)27-13-4-3-5-14-27/h8-11,16-18H,2-7,12-15H2,1H3/t18-/m1/s1. The number of benzene rings is 1. The molecule has 0 saturated carbocycles. The Balaban J connectivity index is 1.45. The second kappa shape index (κ2) is 10.0. The van der Waals surface area contributed by atoms with E-state index in [0.29, 0.717) is 44.9 Å². The zero-order valence-electron chi connectivity index (χ0n) is 18.9. The summed E-state index contributed by atoms with van der Waals surface area (Å²) >= 11 is 0. The van der Waals surface area contributed by atoms with E-state index in [2.05, 4.69) is 4.98 Å². The number of imidazole rings is 1. The average Bonchev–Trinajstić information content (AvgIpc) is 3.35. The number of esters is 1. The first kappa shape index (κ1) is 23.4. The molecule has 0 spiro atoms. The topological polar surface area (TPSA) is 102 Å². The number of carbonyl (C=O) groups is 2. The van der Waals surface area contributed by atoms with E-state index in [1.165, 1.54) is 6.33 Å². The second-order valence-electron chi connectivity index (χ2n) is 8.47. The third-order valence-electron chi connectivity index (χ3n) is 6.22. The van der Waals surface area contributed by atoms with Crippen molar-refractivity contribution in [3.8, 4) is 5.69 Å². The molecule has 10 heteroatoms. The summed E-state index contributed by atoms with van der Waals surface area (Å²) in [5.74, 6) is -0.800. The van der Waals surface area contributed by atoms with Crippen LogP contribution in [0.5, 0.6) is 0 Å². The predicted molar refractivity (Wildman–Crippen MR) is 121 cm³/mol. The monoisotopic (exact) mass is 474 g/mol. The van der Waals surface area contributed by atoms with Gasteiger partial charge in [0.25, 0.3) is 5.91 Å². The molecule has 0 N–H and O–H groups in total. The quantitative estimate of drug-likeness (QED) is 0.596. The van der Waals surface area contributed by atoms with E-state index in [1.54, 1.807) is 51.2 Å². The first-order chi connectivity index (χ1) is 15.9. The first-order valence-electron chi connectivity index (χ1n) is 11.5. The molecule has 4 rings (SSSR count). The molecule has 3 heterocycles. The summed E-state index contributed by atoms with van der Waals surface area (Å²) in [6, 6.07) is 6.61. The number of hydrogen-bond acceptors (Lipinski definition) is 6. The van der Waals surface area contributed by atoms with Gasteiger partial charge in [0.15, 0.2) is 0 Å². The van der Waals surface area contributed by atoms with Crippen LogP contribution < -0.4 is 0 Å². The van der Waals surface area contributed by atoms with Gasteiger partial charge >= 0.3 is 5.97 Å². The molecule has 178 valence electrons. The number of aromatic nitrogens is 2. The third kappa shape index (κ3) is 5.11. The first-order valence-corrected chi connectivity index (χ1v) is 12.9. The van der Waals surface area contributed by atoms with Gasteiger partial charge in [-0.15, -0.1) is 0 Å². The largest absolute Gasteiger partial charge is 0.466 e. The fourth-order valence-corrected chi connectivity index (χ4v) is 5.91. The zero-order chi connectivity index (χ0) is 23.4.